The normalized spacial score (nSPS) is 16.3. The van der Waals surface area contributed by atoms with Crippen molar-refractivity contribution in [3.8, 4) is 0 Å². The molecule has 0 spiro atoms. The molecule has 1 saturated carbocycles. The number of nitrogens with one attached hydrogen (secondary N) is 1. The summed E-state index contributed by atoms with van der Waals surface area (Å²) in [7, 11) is 1.94. The van der Waals surface area contributed by atoms with Crippen LogP contribution in [-0.2, 0) is 0 Å². The lowest BCUT2D eigenvalue weighted by Crippen LogP contribution is -2.34. The predicted octanol–water partition coefficient (Wildman–Crippen LogP) is 3.33. The summed E-state index contributed by atoms with van der Waals surface area (Å²) in [5, 5.41) is 3.22. The van der Waals surface area contributed by atoms with Gasteiger partial charge in [-0.25, -0.2) is 9.97 Å². The van der Waals surface area contributed by atoms with Gasteiger partial charge in [-0.15, -0.1) is 0 Å². The second-order valence-corrected chi connectivity index (χ2v) is 5.45. The molecule has 1 aromatic heterocycles. The largest absolute Gasteiger partial charge is 0.373 e. The van der Waals surface area contributed by atoms with Crippen molar-refractivity contribution in [2.45, 2.75) is 58.9 Å². The Bertz CT molecular complexity index is 440. The molecule has 0 aliphatic heterocycles. The topological polar surface area (TPSA) is 41.1 Å². The van der Waals surface area contributed by atoms with Crippen molar-refractivity contribution in [2.75, 3.05) is 23.8 Å². The molecule has 106 valence electrons. The van der Waals surface area contributed by atoms with E-state index in [2.05, 4.69) is 42.9 Å². The predicted molar refractivity (Wildman–Crippen MR) is 81.1 cm³/mol. The number of hydrogen-bond acceptors (Lipinski definition) is 4. The molecule has 4 nitrogen and oxygen atoms in total. The van der Waals surface area contributed by atoms with E-state index < -0.39 is 0 Å². The van der Waals surface area contributed by atoms with Gasteiger partial charge in [0, 0.05) is 31.1 Å². The second kappa shape index (κ2) is 5.76. The Labute approximate surface area is 116 Å². The highest BCUT2D eigenvalue weighted by Gasteiger charge is 2.29. The van der Waals surface area contributed by atoms with Crippen LogP contribution in [0.5, 0.6) is 0 Å². The van der Waals surface area contributed by atoms with Crippen molar-refractivity contribution in [1.82, 2.24) is 9.97 Å². The first-order valence-electron chi connectivity index (χ1n) is 7.45. The van der Waals surface area contributed by atoms with Gasteiger partial charge in [0.25, 0.3) is 0 Å². The van der Waals surface area contributed by atoms with Gasteiger partial charge in [-0.05, 0) is 40.0 Å². The Balaban J connectivity index is 2.43. The van der Waals surface area contributed by atoms with Crippen molar-refractivity contribution in [3.05, 3.63) is 11.4 Å². The van der Waals surface area contributed by atoms with Crippen LogP contribution in [0.25, 0.3) is 0 Å². The third-order valence-electron chi connectivity index (χ3n) is 4.05. The van der Waals surface area contributed by atoms with Gasteiger partial charge in [-0.2, -0.15) is 0 Å². The van der Waals surface area contributed by atoms with Crippen LogP contribution in [0.3, 0.4) is 0 Å². The number of hydrogen-bond donors (Lipinski definition) is 1. The fourth-order valence-corrected chi connectivity index (χ4v) is 2.46. The summed E-state index contributed by atoms with van der Waals surface area (Å²) < 4.78 is 0. The summed E-state index contributed by atoms with van der Waals surface area (Å²) >= 11 is 0. The van der Waals surface area contributed by atoms with Crippen molar-refractivity contribution in [1.29, 1.82) is 0 Å². The van der Waals surface area contributed by atoms with Gasteiger partial charge in [0.1, 0.15) is 17.5 Å². The highest BCUT2D eigenvalue weighted by molar-refractivity contribution is 5.59. The first-order chi connectivity index (χ1) is 9.12. The summed E-state index contributed by atoms with van der Waals surface area (Å²) in [6.07, 6.45) is 3.60. The summed E-state index contributed by atoms with van der Waals surface area (Å²) in [5.74, 6) is 3.69. The fourth-order valence-electron chi connectivity index (χ4n) is 2.46. The van der Waals surface area contributed by atoms with Gasteiger partial charge >= 0.3 is 0 Å². The third-order valence-corrected chi connectivity index (χ3v) is 4.05. The first-order valence-corrected chi connectivity index (χ1v) is 7.45. The van der Waals surface area contributed by atoms with Gasteiger partial charge in [0.05, 0.1) is 0 Å². The minimum atomic E-state index is 0.510. The van der Waals surface area contributed by atoms with E-state index in [0.29, 0.717) is 12.0 Å². The highest BCUT2D eigenvalue weighted by Crippen LogP contribution is 2.40. The van der Waals surface area contributed by atoms with Crippen LogP contribution in [0.1, 0.15) is 57.3 Å². The zero-order valence-electron chi connectivity index (χ0n) is 12.8. The molecule has 1 heterocycles. The van der Waals surface area contributed by atoms with E-state index >= 15 is 0 Å². The number of rotatable bonds is 6. The monoisotopic (exact) mass is 262 g/mol. The zero-order chi connectivity index (χ0) is 14.0. The lowest BCUT2D eigenvalue weighted by atomic mass is 10.2. The molecular weight excluding hydrogens is 236 g/mol. The smallest absolute Gasteiger partial charge is 0.137 e. The molecule has 1 fully saturated rings. The maximum absolute atomic E-state index is 4.86. The van der Waals surface area contributed by atoms with Crippen LogP contribution in [0, 0.1) is 6.92 Å². The Hall–Kier alpha value is -1.32. The summed E-state index contributed by atoms with van der Waals surface area (Å²) in [6.45, 7) is 9.79. The Kier molecular flexibility index (Phi) is 4.27. The van der Waals surface area contributed by atoms with Gasteiger partial charge < -0.3 is 10.2 Å². The van der Waals surface area contributed by atoms with Crippen molar-refractivity contribution < 1.29 is 0 Å². The first kappa shape index (κ1) is 14.1. The number of aromatic nitrogens is 2. The van der Waals surface area contributed by atoms with Crippen LogP contribution in [-0.4, -0.2) is 29.6 Å². The van der Waals surface area contributed by atoms with E-state index in [0.717, 1.165) is 36.0 Å². The van der Waals surface area contributed by atoms with Crippen LogP contribution in [0.4, 0.5) is 11.6 Å². The van der Waals surface area contributed by atoms with Crippen LogP contribution < -0.4 is 10.2 Å². The van der Waals surface area contributed by atoms with Crippen LogP contribution in [0.2, 0.25) is 0 Å². The molecule has 0 bridgehead atoms. The van der Waals surface area contributed by atoms with Gasteiger partial charge in [0.2, 0.25) is 0 Å². The lowest BCUT2D eigenvalue weighted by molar-refractivity contribution is 0.618. The fraction of sp³-hybridized carbons (Fsp3) is 0.733. The van der Waals surface area contributed by atoms with Gasteiger partial charge in [-0.3, -0.25) is 0 Å². The Morgan fingerprint density at radius 2 is 2.00 bits per heavy atom. The van der Waals surface area contributed by atoms with E-state index in [9.17, 15) is 0 Å². The molecule has 0 amide bonds. The number of nitrogens with zero attached hydrogens (tertiary/aromatic N) is 3. The highest BCUT2D eigenvalue weighted by atomic mass is 15.2. The van der Waals surface area contributed by atoms with Crippen LogP contribution >= 0.6 is 0 Å². The van der Waals surface area contributed by atoms with Crippen molar-refractivity contribution in [2.24, 2.45) is 0 Å². The quantitative estimate of drug-likeness (QED) is 0.853. The molecule has 0 saturated heterocycles. The maximum atomic E-state index is 4.86. The molecular formula is C15H26N4. The molecule has 1 unspecified atom stereocenters. The van der Waals surface area contributed by atoms with E-state index in [1.54, 1.807) is 0 Å². The van der Waals surface area contributed by atoms with Gasteiger partial charge in [-0.1, -0.05) is 6.92 Å². The summed E-state index contributed by atoms with van der Waals surface area (Å²) in [5.41, 5.74) is 1.16. The molecule has 1 aliphatic rings. The third kappa shape index (κ3) is 2.82. The summed E-state index contributed by atoms with van der Waals surface area (Å²) in [6, 6.07) is 0.510. The Morgan fingerprint density at radius 3 is 2.47 bits per heavy atom. The molecule has 4 heteroatoms. The molecule has 2 rings (SSSR count). The lowest BCUT2D eigenvalue weighted by Gasteiger charge is -2.30. The minimum Gasteiger partial charge on any atom is -0.373 e. The number of anilines is 2. The molecule has 1 aromatic rings. The standard InChI is InChI=1S/C15H26N4/c1-6-10(3)19(7-2)15-11(4)13(16-5)17-14(18-15)12-8-9-12/h10,12H,6-9H2,1-5H3,(H,16,17,18). The molecule has 1 atom stereocenters. The average molecular weight is 262 g/mol. The SMILES string of the molecule is CCC(C)N(CC)c1nc(C2CC2)nc(NC)c1C. The van der Waals surface area contributed by atoms with E-state index in [1.807, 2.05) is 7.05 Å². The molecule has 0 aromatic carbocycles. The average Bonchev–Trinajstić information content (AvgIpc) is 3.25. The zero-order valence-corrected chi connectivity index (χ0v) is 12.8. The minimum absolute atomic E-state index is 0.510. The summed E-state index contributed by atoms with van der Waals surface area (Å²) in [4.78, 5) is 11.9. The van der Waals surface area contributed by atoms with Crippen molar-refractivity contribution >= 4 is 11.6 Å². The molecule has 0 radical (unpaired) electrons. The molecule has 1 N–H and O–H groups in total. The van der Waals surface area contributed by atoms with E-state index in [1.165, 1.54) is 12.8 Å². The van der Waals surface area contributed by atoms with E-state index in [4.69, 9.17) is 4.98 Å². The second-order valence-electron chi connectivity index (χ2n) is 5.45. The molecule has 1 aliphatic carbocycles. The Morgan fingerprint density at radius 1 is 1.32 bits per heavy atom. The molecule has 19 heavy (non-hydrogen) atoms. The van der Waals surface area contributed by atoms with E-state index in [-0.39, 0.29) is 0 Å². The van der Waals surface area contributed by atoms with Crippen molar-refractivity contribution in [3.63, 3.8) is 0 Å². The maximum Gasteiger partial charge on any atom is 0.137 e. The van der Waals surface area contributed by atoms with Crippen LogP contribution in [0.15, 0.2) is 0 Å². The van der Waals surface area contributed by atoms with Gasteiger partial charge in [0.15, 0.2) is 0 Å².